The second-order valence-corrected chi connectivity index (χ2v) is 8.13. The predicted molar refractivity (Wildman–Crippen MR) is 110 cm³/mol. The van der Waals surface area contributed by atoms with Gasteiger partial charge in [0.25, 0.3) is 24.3 Å². The molecule has 3 N–H and O–H groups in total. The molecular formula is C21H19F6N5O3. The van der Waals surface area contributed by atoms with E-state index in [4.69, 9.17) is 10.5 Å². The van der Waals surface area contributed by atoms with Crippen molar-refractivity contribution in [1.29, 1.82) is 0 Å². The van der Waals surface area contributed by atoms with E-state index in [0.29, 0.717) is 0 Å². The van der Waals surface area contributed by atoms with Gasteiger partial charge in [0.05, 0.1) is 12.4 Å². The molecule has 0 spiro atoms. The first-order valence-corrected chi connectivity index (χ1v) is 10.3. The number of carbonyl (C=O) groups excluding carboxylic acids is 1. The number of benzene rings is 1. The fraction of sp³-hybridized carbons (Fsp3) is 0.429. The van der Waals surface area contributed by atoms with E-state index in [2.05, 4.69) is 25.0 Å². The number of anilines is 1. The van der Waals surface area contributed by atoms with Crippen LogP contribution in [0.4, 0.5) is 32.0 Å². The Morgan fingerprint density at radius 1 is 1.26 bits per heavy atom. The number of amides is 1. The lowest BCUT2D eigenvalue weighted by molar-refractivity contribution is -0.00300. The zero-order valence-electron chi connectivity index (χ0n) is 17.9. The molecule has 1 aromatic carbocycles. The van der Waals surface area contributed by atoms with Gasteiger partial charge in [0.1, 0.15) is 29.8 Å². The molecule has 1 aliphatic heterocycles. The zero-order chi connectivity index (χ0) is 25.4. The minimum absolute atomic E-state index is 0.0133. The van der Waals surface area contributed by atoms with Gasteiger partial charge in [-0.25, -0.2) is 41.3 Å². The molecule has 8 nitrogen and oxygen atoms in total. The third-order valence-electron chi connectivity index (χ3n) is 5.77. The Bertz CT molecular complexity index is 1130. The summed E-state index contributed by atoms with van der Waals surface area (Å²) in [4.78, 5) is 23.9. The number of aliphatic imine (C=N–C) groups is 1. The Balaban J connectivity index is 1.60. The molecule has 1 fully saturated rings. The first-order valence-electron chi connectivity index (χ1n) is 10.3. The number of aromatic nitrogens is 2. The topological polar surface area (TPSA) is 112 Å². The quantitative estimate of drug-likeness (QED) is 0.560. The van der Waals surface area contributed by atoms with Crippen LogP contribution in [0.1, 0.15) is 28.9 Å². The van der Waals surface area contributed by atoms with Gasteiger partial charge in [-0.3, -0.25) is 4.79 Å². The van der Waals surface area contributed by atoms with Gasteiger partial charge in [-0.15, -0.1) is 0 Å². The van der Waals surface area contributed by atoms with Gasteiger partial charge in [-0.1, -0.05) is 0 Å². The number of hydrogen-bond acceptors (Lipinski definition) is 7. The van der Waals surface area contributed by atoms with Crippen LogP contribution < -0.4 is 15.8 Å². The zero-order valence-corrected chi connectivity index (χ0v) is 17.9. The maximum Gasteiger partial charge on any atom is 0.283 e. The van der Waals surface area contributed by atoms with Crippen LogP contribution in [0.3, 0.4) is 0 Å². The Morgan fingerprint density at radius 2 is 2.03 bits per heavy atom. The lowest BCUT2D eigenvalue weighted by atomic mass is 9.76. The van der Waals surface area contributed by atoms with Crippen LogP contribution in [-0.2, 0) is 10.3 Å². The number of hydrogen-bond donors (Lipinski definition) is 2. The summed E-state index contributed by atoms with van der Waals surface area (Å²) in [5.74, 6) is -6.36. The van der Waals surface area contributed by atoms with Crippen molar-refractivity contribution in [2.45, 2.75) is 36.8 Å². The van der Waals surface area contributed by atoms with Crippen LogP contribution in [0.15, 0.2) is 35.6 Å². The van der Waals surface area contributed by atoms with E-state index in [1.807, 2.05) is 0 Å². The monoisotopic (exact) mass is 503 g/mol. The third-order valence-corrected chi connectivity index (χ3v) is 5.77. The van der Waals surface area contributed by atoms with Crippen LogP contribution in [0, 0.1) is 11.7 Å². The highest BCUT2D eigenvalue weighted by atomic mass is 19.3. The number of nitrogens with one attached hydrogen (secondary N) is 1. The Hall–Kier alpha value is -3.58. The summed E-state index contributed by atoms with van der Waals surface area (Å²) in [5.41, 5.74) is 2.92. The molecule has 3 atom stereocenters. The van der Waals surface area contributed by atoms with Gasteiger partial charge >= 0.3 is 0 Å². The summed E-state index contributed by atoms with van der Waals surface area (Å²) in [6, 6.07) is 2.64. The number of fused-ring (bicyclic) bond motifs is 1. The maximum atomic E-state index is 14.9. The van der Waals surface area contributed by atoms with Crippen LogP contribution in [-0.4, -0.2) is 53.6 Å². The van der Waals surface area contributed by atoms with E-state index in [-0.39, 0.29) is 22.8 Å². The first kappa shape index (κ1) is 24.5. The molecule has 2 unspecified atom stereocenters. The highest BCUT2D eigenvalue weighted by Gasteiger charge is 2.60. The van der Waals surface area contributed by atoms with E-state index in [1.54, 1.807) is 0 Å². The number of nitrogens with zero attached hydrogens (tertiary/aromatic N) is 3. The summed E-state index contributed by atoms with van der Waals surface area (Å²) in [7, 11) is 0. The van der Waals surface area contributed by atoms with E-state index in [9.17, 15) is 31.1 Å². The summed E-state index contributed by atoms with van der Waals surface area (Å²) in [6.07, 6.45) is -3.46. The first-order chi connectivity index (χ1) is 16.5. The number of rotatable bonds is 7. The van der Waals surface area contributed by atoms with Gasteiger partial charge in [-0.05, 0) is 18.2 Å². The average molecular weight is 503 g/mol. The van der Waals surface area contributed by atoms with Gasteiger partial charge in [-0.2, -0.15) is 0 Å². The number of carbonyl (C=O) groups is 1. The van der Waals surface area contributed by atoms with Crippen LogP contribution in [0.5, 0.6) is 5.88 Å². The molecule has 1 aromatic heterocycles. The fourth-order valence-electron chi connectivity index (χ4n) is 4.28. The van der Waals surface area contributed by atoms with Gasteiger partial charge in [0.15, 0.2) is 6.61 Å². The number of alkyl halides is 5. The average Bonchev–Trinajstić information content (AvgIpc) is 3.12. The molecule has 188 valence electrons. The summed E-state index contributed by atoms with van der Waals surface area (Å²) in [5, 5.41) is 2.41. The molecule has 0 bridgehead atoms. The smallest absolute Gasteiger partial charge is 0.283 e. The highest BCUT2D eigenvalue weighted by Crippen LogP contribution is 2.53. The molecule has 1 aliphatic carbocycles. The standard InChI is InChI=1S/C21H19F6N5O3/c22-9-21(12-4-20(26,27)5-15(12)35-19(28)32-21)11-3-10(1-2-13(11)23)31-18(33)14-6-30-17(7-29-14)34-8-16(24)25/h1-3,6-7,12,15-16H,4-5,8-9H2,(H2,28,32)(H,31,33)/t12?,15-,21?/m0/s1. The number of halogens is 6. The second-order valence-electron chi connectivity index (χ2n) is 8.13. The second kappa shape index (κ2) is 9.23. The van der Waals surface area contributed by atoms with Gasteiger partial charge < -0.3 is 20.5 Å². The maximum absolute atomic E-state index is 14.9. The molecule has 2 aromatic rings. The lowest BCUT2D eigenvalue weighted by Gasteiger charge is -2.40. The van der Waals surface area contributed by atoms with Gasteiger partial charge in [0, 0.05) is 30.0 Å². The summed E-state index contributed by atoms with van der Waals surface area (Å²) in [6.45, 7) is -2.24. The SMILES string of the molecule is NC1=NC(CF)(c2cc(NC(=O)c3cnc(OCC(F)F)cn3)ccc2F)C2CC(F)(F)C[C@@H]2O1. The van der Waals surface area contributed by atoms with Crippen LogP contribution >= 0.6 is 0 Å². The fourth-order valence-corrected chi connectivity index (χ4v) is 4.28. The molecule has 35 heavy (non-hydrogen) atoms. The van der Waals surface area contributed by atoms with E-state index in [0.717, 1.165) is 24.5 Å². The van der Waals surface area contributed by atoms with Gasteiger partial charge in [0.2, 0.25) is 5.88 Å². The molecule has 0 radical (unpaired) electrons. The van der Waals surface area contributed by atoms with Crippen molar-refractivity contribution in [3.63, 3.8) is 0 Å². The van der Waals surface area contributed by atoms with Crippen molar-refractivity contribution < 1.29 is 40.6 Å². The molecule has 1 saturated carbocycles. The lowest BCUT2D eigenvalue weighted by Crippen LogP contribution is -2.48. The van der Waals surface area contributed by atoms with Crippen molar-refractivity contribution in [2.24, 2.45) is 16.6 Å². The Morgan fingerprint density at radius 3 is 2.69 bits per heavy atom. The van der Waals surface area contributed by atoms with Crippen molar-refractivity contribution >= 4 is 17.6 Å². The molecule has 4 rings (SSSR count). The number of amidine groups is 1. The van der Waals surface area contributed by atoms with Crippen LogP contribution in [0.25, 0.3) is 0 Å². The minimum Gasteiger partial charge on any atom is -0.470 e. The third kappa shape index (κ3) is 4.95. The minimum atomic E-state index is -3.18. The molecule has 0 saturated heterocycles. The van der Waals surface area contributed by atoms with E-state index >= 15 is 0 Å². The van der Waals surface area contributed by atoms with Crippen LogP contribution in [0.2, 0.25) is 0 Å². The molecule has 14 heteroatoms. The summed E-state index contributed by atoms with van der Waals surface area (Å²) >= 11 is 0. The van der Waals surface area contributed by atoms with Crippen molar-refractivity contribution in [3.8, 4) is 5.88 Å². The highest BCUT2D eigenvalue weighted by molar-refractivity contribution is 6.02. The Kier molecular flexibility index (Phi) is 6.47. The number of ether oxygens (including phenoxy) is 2. The normalized spacial score (nSPS) is 24.9. The van der Waals surface area contributed by atoms with Crippen molar-refractivity contribution in [1.82, 2.24) is 9.97 Å². The molecule has 2 aliphatic rings. The van der Waals surface area contributed by atoms with Crippen molar-refractivity contribution in [3.05, 3.63) is 47.7 Å². The van der Waals surface area contributed by atoms with E-state index < -0.39 is 73.8 Å². The Labute approximate surface area is 194 Å². The largest absolute Gasteiger partial charge is 0.470 e. The molecule has 2 heterocycles. The number of nitrogens with two attached hydrogens (primary N) is 1. The van der Waals surface area contributed by atoms with E-state index in [1.165, 1.54) is 6.07 Å². The molecule has 1 amide bonds. The molecular weight excluding hydrogens is 484 g/mol. The summed E-state index contributed by atoms with van der Waals surface area (Å²) < 4.78 is 91.9. The predicted octanol–water partition coefficient (Wildman–Crippen LogP) is 3.44. The van der Waals surface area contributed by atoms with Crippen molar-refractivity contribution in [2.75, 3.05) is 18.6 Å².